The van der Waals surface area contributed by atoms with E-state index in [1.807, 2.05) is 19.9 Å². The standard InChI is InChI=1S/C31H36FNO4/c1-19(2)12-28(25-14-20(3)13-21(4)15-25)33-31(36)27-17-23(6-7-24(27)8-11-30(34)35)18-37-29-10-9-26(32)16-22(29)5/h6-7,9-10,13-17,19,28H,8,11-12,18H2,1-5H3,(H,33,36)(H,34,35)/t28-/m1/s1. The number of amides is 1. The van der Waals surface area contributed by atoms with Crippen molar-refractivity contribution >= 4 is 11.9 Å². The number of carboxylic acid groups (broad SMARTS) is 1. The Morgan fingerprint density at radius 2 is 1.68 bits per heavy atom. The molecule has 0 spiro atoms. The third-order valence-corrected chi connectivity index (χ3v) is 6.22. The summed E-state index contributed by atoms with van der Waals surface area (Å²) in [5.41, 5.74) is 5.88. The van der Waals surface area contributed by atoms with E-state index in [-0.39, 0.29) is 37.2 Å². The molecule has 37 heavy (non-hydrogen) atoms. The van der Waals surface area contributed by atoms with Gasteiger partial charge >= 0.3 is 5.97 Å². The second kappa shape index (κ2) is 12.5. The van der Waals surface area contributed by atoms with Crippen LogP contribution in [0.4, 0.5) is 4.39 Å². The first kappa shape index (κ1) is 27.9. The van der Waals surface area contributed by atoms with Gasteiger partial charge < -0.3 is 15.2 Å². The molecule has 0 bridgehead atoms. The van der Waals surface area contributed by atoms with Crippen molar-refractivity contribution in [3.8, 4) is 5.75 Å². The molecule has 0 aromatic heterocycles. The second-order valence-electron chi connectivity index (χ2n) is 10.2. The highest BCUT2D eigenvalue weighted by Gasteiger charge is 2.21. The molecule has 3 aromatic carbocycles. The van der Waals surface area contributed by atoms with Gasteiger partial charge in [0.1, 0.15) is 18.2 Å². The fraction of sp³-hybridized carbons (Fsp3) is 0.355. The monoisotopic (exact) mass is 505 g/mol. The number of aryl methyl sites for hydroxylation is 4. The molecule has 0 saturated heterocycles. The van der Waals surface area contributed by atoms with Gasteiger partial charge in [-0.1, -0.05) is 55.3 Å². The van der Waals surface area contributed by atoms with Crippen LogP contribution in [-0.4, -0.2) is 17.0 Å². The Morgan fingerprint density at radius 3 is 2.30 bits per heavy atom. The fourth-order valence-corrected chi connectivity index (χ4v) is 4.52. The summed E-state index contributed by atoms with van der Waals surface area (Å²) < 4.78 is 19.3. The van der Waals surface area contributed by atoms with Gasteiger partial charge in [-0.05, 0) is 86.1 Å². The van der Waals surface area contributed by atoms with Crippen LogP contribution in [0.5, 0.6) is 5.75 Å². The number of ether oxygens (including phenoxy) is 1. The molecule has 1 atom stereocenters. The number of carbonyl (C=O) groups excluding carboxylic acids is 1. The van der Waals surface area contributed by atoms with E-state index in [9.17, 15) is 19.1 Å². The van der Waals surface area contributed by atoms with Crippen molar-refractivity contribution < 1.29 is 23.8 Å². The largest absolute Gasteiger partial charge is 0.489 e. The number of aliphatic carboxylic acids is 1. The highest BCUT2D eigenvalue weighted by atomic mass is 19.1. The van der Waals surface area contributed by atoms with E-state index in [1.165, 1.54) is 12.1 Å². The number of benzene rings is 3. The summed E-state index contributed by atoms with van der Waals surface area (Å²) in [6.45, 7) is 10.3. The van der Waals surface area contributed by atoms with E-state index < -0.39 is 5.97 Å². The molecule has 0 radical (unpaired) electrons. The maximum Gasteiger partial charge on any atom is 0.303 e. The molecule has 2 N–H and O–H groups in total. The summed E-state index contributed by atoms with van der Waals surface area (Å²) in [4.78, 5) is 24.9. The molecule has 3 aromatic rings. The number of rotatable bonds is 11. The summed E-state index contributed by atoms with van der Waals surface area (Å²) >= 11 is 0. The number of nitrogens with one attached hydrogen (secondary N) is 1. The van der Waals surface area contributed by atoms with E-state index in [4.69, 9.17) is 4.74 Å². The predicted octanol–water partition coefficient (Wildman–Crippen LogP) is 6.86. The Bertz CT molecular complexity index is 1250. The second-order valence-corrected chi connectivity index (χ2v) is 10.2. The van der Waals surface area contributed by atoms with Gasteiger partial charge in [-0.3, -0.25) is 9.59 Å². The molecule has 196 valence electrons. The van der Waals surface area contributed by atoms with Gasteiger partial charge in [0.2, 0.25) is 0 Å². The van der Waals surface area contributed by atoms with Gasteiger partial charge in [0.05, 0.1) is 6.04 Å². The Balaban J connectivity index is 1.89. The predicted molar refractivity (Wildman–Crippen MR) is 143 cm³/mol. The maximum absolute atomic E-state index is 13.6. The molecule has 3 rings (SSSR count). The summed E-state index contributed by atoms with van der Waals surface area (Å²) in [5.74, 6) is -0.569. The Morgan fingerprint density at radius 1 is 0.973 bits per heavy atom. The van der Waals surface area contributed by atoms with Crippen LogP contribution < -0.4 is 10.1 Å². The first-order valence-corrected chi connectivity index (χ1v) is 12.6. The number of halogens is 1. The van der Waals surface area contributed by atoms with E-state index in [0.29, 0.717) is 28.4 Å². The average molecular weight is 506 g/mol. The molecule has 0 aliphatic rings. The minimum Gasteiger partial charge on any atom is -0.489 e. The highest BCUT2D eigenvalue weighted by Crippen LogP contribution is 2.26. The van der Waals surface area contributed by atoms with Crippen LogP contribution in [0, 0.1) is 32.5 Å². The molecular formula is C31H36FNO4. The average Bonchev–Trinajstić information content (AvgIpc) is 2.81. The van der Waals surface area contributed by atoms with Gasteiger partial charge in [0.25, 0.3) is 5.91 Å². The summed E-state index contributed by atoms with van der Waals surface area (Å²) in [6.07, 6.45) is 0.942. The molecule has 0 aliphatic heterocycles. The van der Waals surface area contributed by atoms with Crippen molar-refractivity contribution in [3.63, 3.8) is 0 Å². The summed E-state index contributed by atoms with van der Waals surface area (Å²) in [7, 11) is 0. The Kier molecular flexibility index (Phi) is 9.45. The molecule has 0 heterocycles. The van der Waals surface area contributed by atoms with Crippen LogP contribution in [0.2, 0.25) is 0 Å². The van der Waals surface area contributed by atoms with Gasteiger partial charge in [-0.25, -0.2) is 4.39 Å². The number of hydrogen-bond acceptors (Lipinski definition) is 3. The van der Waals surface area contributed by atoms with Crippen molar-refractivity contribution in [1.82, 2.24) is 5.32 Å². The van der Waals surface area contributed by atoms with Gasteiger partial charge in [-0.2, -0.15) is 0 Å². The molecule has 0 fully saturated rings. The molecular weight excluding hydrogens is 469 g/mol. The molecule has 0 saturated carbocycles. The first-order valence-electron chi connectivity index (χ1n) is 12.6. The quantitative estimate of drug-likeness (QED) is 0.298. The van der Waals surface area contributed by atoms with Crippen LogP contribution in [0.3, 0.4) is 0 Å². The van der Waals surface area contributed by atoms with Gasteiger partial charge in [-0.15, -0.1) is 0 Å². The topological polar surface area (TPSA) is 75.6 Å². The zero-order valence-corrected chi connectivity index (χ0v) is 22.2. The van der Waals surface area contributed by atoms with E-state index in [2.05, 4.69) is 37.4 Å². The number of carbonyl (C=O) groups is 2. The van der Waals surface area contributed by atoms with E-state index in [1.54, 1.807) is 25.1 Å². The third kappa shape index (κ3) is 8.17. The van der Waals surface area contributed by atoms with Crippen molar-refractivity contribution in [2.75, 3.05) is 0 Å². The van der Waals surface area contributed by atoms with E-state index in [0.717, 1.165) is 28.7 Å². The van der Waals surface area contributed by atoms with Crippen LogP contribution in [0.15, 0.2) is 54.6 Å². The molecule has 5 nitrogen and oxygen atoms in total. The minimum absolute atomic E-state index is 0.0720. The number of hydrogen-bond donors (Lipinski definition) is 2. The molecule has 1 amide bonds. The van der Waals surface area contributed by atoms with E-state index >= 15 is 0 Å². The van der Waals surface area contributed by atoms with Crippen LogP contribution in [-0.2, 0) is 17.8 Å². The fourth-order valence-electron chi connectivity index (χ4n) is 4.52. The lowest BCUT2D eigenvalue weighted by molar-refractivity contribution is -0.136. The Labute approximate surface area is 218 Å². The summed E-state index contributed by atoms with van der Waals surface area (Å²) in [6, 6.07) is 15.9. The lowest BCUT2D eigenvalue weighted by Crippen LogP contribution is -2.30. The zero-order valence-electron chi connectivity index (χ0n) is 22.2. The normalized spacial score (nSPS) is 11.9. The van der Waals surface area contributed by atoms with Gasteiger partial charge in [0.15, 0.2) is 0 Å². The minimum atomic E-state index is -0.918. The SMILES string of the molecule is Cc1cc(C)cc([C@@H](CC(C)C)NC(=O)c2cc(COc3ccc(F)cc3C)ccc2CCC(=O)O)c1. The van der Waals surface area contributed by atoms with Crippen LogP contribution in [0.1, 0.15) is 76.5 Å². The number of carboxylic acids is 1. The zero-order chi connectivity index (χ0) is 27.1. The molecule has 6 heteroatoms. The highest BCUT2D eigenvalue weighted by molar-refractivity contribution is 5.96. The lowest BCUT2D eigenvalue weighted by Gasteiger charge is -2.23. The van der Waals surface area contributed by atoms with Crippen molar-refractivity contribution in [2.45, 2.75) is 66.5 Å². The van der Waals surface area contributed by atoms with Crippen LogP contribution >= 0.6 is 0 Å². The molecule has 0 unspecified atom stereocenters. The maximum atomic E-state index is 13.6. The third-order valence-electron chi connectivity index (χ3n) is 6.22. The van der Waals surface area contributed by atoms with Crippen molar-refractivity contribution in [3.05, 3.63) is 99.4 Å². The smallest absolute Gasteiger partial charge is 0.303 e. The van der Waals surface area contributed by atoms with Crippen molar-refractivity contribution in [1.29, 1.82) is 0 Å². The lowest BCUT2D eigenvalue weighted by atomic mass is 9.93. The molecule has 0 aliphatic carbocycles. The van der Waals surface area contributed by atoms with Gasteiger partial charge in [0, 0.05) is 12.0 Å². The van der Waals surface area contributed by atoms with Crippen molar-refractivity contribution in [2.24, 2.45) is 5.92 Å². The first-order chi connectivity index (χ1) is 17.5. The summed E-state index contributed by atoms with van der Waals surface area (Å²) in [5, 5.41) is 12.4. The van der Waals surface area contributed by atoms with Crippen LogP contribution in [0.25, 0.3) is 0 Å². The Hall–Kier alpha value is -3.67.